The van der Waals surface area contributed by atoms with E-state index in [1.54, 1.807) is 12.1 Å². The van der Waals surface area contributed by atoms with Gasteiger partial charge in [-0.25, -0.2) is 8.42 Å². The molecule has 0 radical (unpaired) electrons. The Morgan fingerprint density at radius 1 is 1.15 bits per heavy atom. The molecule has 2 amide bonds. The summed E-state index contributed by atoms with van der Waals surface area (Å²) in [5.74, 6) is -1.62. The molecule has 2 aromatic rings. The van der Waals surface area contributed by atoms with E-state index in [4.69, 9.17) is 11.6 Å². The molecule has 1 aliphatic carbocycles. The van der Waals surface area contributed by atoms with Gasteiger partial charge < -0.3 is 10.6 Å². The number of hydrogen-bond acceptors (Lipinski definition) is 5. The van der Waals surface area contributed by atoms with E-state index < -0.39 is 26.9 Å². The Bertz CT molecular complexity index is 929. The standard InChI is InChI=1S/C18H18ClN3O4S/c19-13-3-7-15(8-4-13)27(25,26)16(12-2-1-9-20-10-12)11-21-17(23)18(24)22-14-5-6-14/h1-4,7-10,14,16H,5-6,11H2,(H,21,23)(H,22,24)/t16-/m1/s1. The zero-order valence-corrected chi connectivity index (χ0v) is 15.8. The van der Waals surface area contributed by atoms with Crippen molar-refractivity contribution in [1.82, 2.24) is 15.6 Å². The van der Waals surface area contributed by atoms with Crippen molar-refractivity contribution in [3.63, 3.8) is 0 Å². The average molecular weight is 408 g/mol. The van der Waals surface area contributed by atoms with Crippen LogP contribution in [0.1, 0.15) is 23.7 Å². The van der Waals surface area contributed by atoms with E-state index in [1.165, 1.54) is 36.7 Å². The SMILES string of the molecule is O=C(NC[C@H](c1cccnc1)S(=O)(=O)c1ccc(Cl)cc1)C(=O)NC1CC1. The molecular weight excluding hydrogens is 390 g/mol. The number of benzene rings is 1. The molecule has 1 aromatic heterocycles. The Morgan fingerprint density at radius 3 is 2.44 bits per heavy atom. The lowest BCUT2D eigenvalue weighted by atomic mass is 10.2. The van der Waals surface area contributed by atoms with Gasteiger partial charge in [0.2, 0.25) is 0 Å². The van der Waals surface area contributed by atoms with Crippen molar-refractivity contribution in [3.05, 3.63) is 59.4 Å². The summed E-state index contributed by atoms with van der Waals surface area (Å²) in [7, 11) is -3.85. The van der Waals surface area contributed by atoms with Crippen molar-refractivity contribution < 1.29 is 18.0 Å². The highest BCUT2D eigenvalue weighted by Gasteiger charge is 2.31. The second-order valence-electron chi connectivity index (χ2n) is 6.23. The maximum absolute atomic E-state index is 13.1. The van der Waals surface area contributed by atoms with Crippen LogP contribution in [0.5, 0.6) is 0 Å². The van der Waals surface area contributed by atoms with Gasteiger partial charge in [-0.05, 0) is 48.7 Å². The van der Waals surface area contributed by atoms with E-state index in [9.17, 15) is 18.0 Å². The summed E-state index contributed by atoms with van der Waals surface area (Å²) in [5, 5.41) is 4.31. The number of nitrogens with zero attached hydrogens (tertiary/aromatic N) is 1. The summed E-state index contributed by atoms with van der Waals surface area (Å²) < 4.78 is 26.2. The van der Waals surface area contributed by atoms with E-state index in [0.717, 1.165) is 12.8 Å². The number of sulfone groups is 1. The smallest absolute Gasteiger partial charge is 0.309 e. The molecule has 2 N–H and O–H groups in total. The second kappa shape index (κ2) is 8.06. The van der Waals surface area contributed by atoms with Crippen molar-refractivity contribution in [2.45, 2.75) is 29.0 Å². The fourth-order valence-electron chi connectivity index (χ4n) is 2.51. The summed E-state index contributed by atoms with van der Waals surface area (Å²) in [6.45, 7) is -0.256. The first kappa shape index (κ1) is 19.3. The van der Waals surface area contributed by atoms with E-state index >= 15 is 0 Å². The Balaban J connectivity index is 1.81. The molecule has 0 spiro atoms. The number of carbonyl (C=O) groups excluding carboxylic acids is 2. The highest BCUT2D eigenvalue weighted by atomic mass is 35.5. The van der Waals surface area contributed by atoms with Gasteiger partial charge in [-0.15, -0.1) is 0 Å². The number of hydrogen-bond donors (Lipinski definition) is 2. The first-order valence-corrected chi connectivity index (χ1v) is 10.3. The van der Waals surface area contributed by atoms with Crippen molar-refractivity contribution in [3.8, 4) is 0 Å². The van der Waals surface area contributed by atoms with Crippen LogP contribution >= 0.6 is 11.6 Å². The van der Waals surface area contributed by atoms with E-state index in [-0.39, 0.29) is 17.5 Å². The predicted molar refractivity (Wildman–Crippen MR) is 99.8 cm³/mol. The van der Waals surface area contributed by atoms with Crippen LogP contribution in [-0.2, 0) is 19.4 Å². The molecule has 0 unspecified atom stereocenters. The molecule has 1 aliphatic rings. The lowest BCUT2D eigenvalue weighted by Gasteiger charge is -2.18. The number of nitrogens with one attached hydrogen (secondary N) is 2. The van der Waals surface area contributed by atoms with Crippen molar-refractivity contribution in [2.24, 2.45) is 0 Å². The van der Waals surface area contributed by atoms with Gasteiger partial charge in [0.1, 0.15) is 5.25 Å². The van der Waals surface area contributed by atoms with Crippen LogP contribution < -0.4 is 10.6 Å². The Kier molecular flexibility index (Phi) is 5.76. The number of amides is 2. The molecule has 1 heterocycles. The van der Waals surface area contributed by atoms with E-state index in [0.29, 0.717) is 10.6 Å². The van der Waals surface area contributed by atoms with Gasteiger partial charge in [0.05, 0.1) is 4.90 Å². The van der Waals surface area contributed by atoms with Crippen molar-refractivity contribution >= 4 is 33.3 Å². The monoisotopic (exact) mass is 407 g/mol. The summed E-state index contributed by atoms with van der Waals surface area (Å²) >= 11 is 5.84. The minimum atomic E-state index is -3.85. The molecule has 1 aromatic carbocycles. The normalized spacial score (nSPS) is 15.0. The third kappa shape index (κ3) is 4.84. The fourth-order valence-corrected chi connectivity index (χ4v) is 4.28. The predicted octanol–water partition coefficient (Wildman–Crippen LogP) is 1.64. The Labute approximate surface area is 162 Å². The van der Waals surface area contributed by atoms with Gasteiger partial charge in [0.25, 0.3) is 0 Å². The number of halogens is 1. The third-order valence-corrected chi connectivity index (χ3v) is 6.51. The van der Waals surface area contributed by atoms with Crippen LogP contribution in [0.3, 0.4) is 0 Å². The van der Waals surface area contributed by atoms with Crippen LogP contribution in [0.2, 0.25) is 5.02 Å². The molecule has 7 nitrogen and oxygen atoms in total. The van der Waals surface area contributed by atoms with Gasteiger partial charge in [0.15, 0.2) is 9.84 Å². The van der Waals surface area contributed by atoms with Gasteiger partial charge >= 0.3 is 11.8 Å². The van der Waals surface area contributed by atoms with Gasteiger partial charge in [0, 0.05) is 30.0 Å². The lowest BCUT2D eigenvalue weighted by Crippen LogP contribution is -2.43. The summed E-state index contributed by atoms with van der Waals surface area (Å²) in [4.78, 5) is 27.8. The Hall–Kier alpha value is -2.45. The molecule has 1 atom stereocenters. The number of rotatable bonds is 6. The number of carbonyl (C=O) groups is 2. The van der Waals surface area contributed by atoms with Crippen molar-refractivity contribution in [2.75, 3.05) is 6.54 Å². The zero-order chi connectivity index (χ0) is 19.4. The highest BCUT2D eigenvalue weighted by molar-refractivity contribution is 7.91. The van der Waals surface area contributed by atoms with E-state index in [2.05, 4.69) is 15.6 Å². The average Bonchev–Trinajstić information content (AvgIpc) is 3.46. The molecule has 9 heteroatoms. The minimum absolute atomic E-state index is 0.0372. The lowest BCUT2D eigenvalue weighted by molar-refractivity contribution is -0.139. The molecule has 3 rings (SSSR count). The van der Waals surface area contributed by atoms with Gasteiger partial charge in [-0.2, -0.15) is 0 Å². The Morgan fingerprint density at radius 2 is 1.85 bits per heavy atom. The molecule has 0 saturated heterocycles. The molecule has 1 saturated carbocycles. The van der Waals surface area contributed by atoms with E-state index in [1.807, 2.05) is 0 Å². The number of aromatic nitrogens is 1. The van der Waals surface area contributed by atoms with Gasteiger partial charge in [-0.1, -0.05) is 17.7 Å². The largest absolute Gasteiger partial charge is 0.346 e. The zero-order valence-electron chi connectivity index (χ0n) is 14.3. The van der Waals surface area contributed by atoms with Crippen LogP contribution in [0.15, 0.2) is 53.7 Å². The maximum atomic E-state index is 13.1. The van der Waals surface area contributed by atoms with Crippen LogP contribution in [-0.4, -0.2) is 37.8 Å². The topological polar surface area (TPSA) is 105 Å². The quantitative estimate of drug-likeness (QED) is 0.708. The van der Waals surface area contributed by atoms with Crippen LogP contribution in [0.4, 0.5) is 0 Å². The third-order valence-electron chi connectivity index (χ3n) is 4.14. The summed E-state index contributed by atoms with van der Waals surface area (Å²) in [6, 6.07) is 9.04. The maximum Gasteiger partial charge on any atom is 0.309 e. The minimum Gasteiger partial charge on any atom is -0.346 e. The second-order valence-corrected chi connectivity index (χ2v) is 8.80. The van der Waals surface area contributed by atoms with Crippen LogP contribution in [0, 0.1) is 0 Å². The number of pyridine rings is 1. The van der Waals surface area contributed by atoms with Crippen LogP contribution in [0.25, 0.3) is 0 Å². The first-order chi connectivity index (χ1) is 12.9. The highest BCUT2D eigenvalue weighted by Crippen LogP contribution is 2.29. The van der Waals surface area contributed by atoms with Gasteiger partial charge in [-0.3, -0.25) is 14.6 Å². The molecule has 27 heavy (non-hydrogen) atoms. The summed E-state index contributed by atoms with van der Waals surface area (Å²) in [6.07, 6.45) is 4.65. The summed E-state index contributed by atoms with van der Waals surface area (Å²) in [5.41, 5.74) is 0.412. The molecule has 142 valence electrons. The fraction of sp³-hybridized carbons (Fsp3) is 0.278. The molecule has 1 fully saturated rings. The van der Waals surface area contributed by atoms with Crippen molar-refractivity contribution in [1.29, 1.82) is 0 Å². The first-order valence-electron chi connectivity index (χ1n) is 8.36. The molecule has 0 aliphatic heterocycles. The molecular formula is C18H18ClN3O4S. The molecule has 0 bridgehead atoms.